The summed E-state index contributed by atoms with van der Waals surface area (Å²) < 4.78 is 18.6. The number of aromatic nitrogens is 1. The molecule has 1 aromatic heterocycles. The highest BCUT2D eigenvalue weighted by Gasteiger charge is 2.23. The molecule has 1 aliphatic heterocycles. The number of amides is 1. The third-order valence-electron chi connectivity index (χ3n) is 4.40. The van der Waals surface area contributed by atoms with Crippen LogP contribution >= 0.6 is 0 Å². The SMILES string of the molecule is CN(C(=O)c1ccnc(Cc2cccc(F)c2)c1)C1CCOCC1. The van der Waals surface area contributed by atoms with Crippen molar-refractivity contribution in [2.45, 2.75) is 25.3 Å². The van der Waals surface area contributed by atoms with Crippen molar-refractivity contribution in [3.8, 4) is 0 Å². The summed E-state index contributed by atoms with van der Waals surface area (Å²) in [5.41, 5.74) is 2.21. The van der Waals surface area contributed by atoms with Crippen molar-refractivity contribution in [2.24, 2.45) is 0 Å². The lowest BCUT2D eigenvalue weighted by Crippen LogP contribution is -2.40. The normalized spacial score (nSPS) is 15.2. The molecule has 0 atom stereocenters. The summed E-state index contributed by atoms with van der Waals surface area (Å²) in [5, 5.41) is 0. The lowest BCUT2D eigenvalue weighted by atomic mass is 10.0. The van der Waals surface area contributed by atoms with Gasteiger partial charge in [0.15, 0.2) is 0 Å². The maximum absolute atomic E-state index is 13.3. The molecule has 0 N–H and O–H groups in total. The summed E-state index contributed by atoms with van der Waals surface area (Å²) >= 11 is 0. The zero-order valence-corrected chi connectivity index (χ0v) is 13.7. The molecule has 1 aromatic carbocycles. The molecule has 0 saturated carbocycles. The van der Waals surface area contributed by atoms with Crippen LogP contribution in [0.4, 0.5) is 4.39 Å². The predicted molar refractivity (Wildman–Crippen MR) is 89.4 cm³/mol. The van der Waals surface area contributed by atoms with Crippen LogP contribution < -0.4 is 0 Å². The molecule has 1 fully saturated rings. The van der Waals surface area contributed by atoms with E-state index < -0.39 is 0 Å². The van der Waals surface area contributed by atoms with Gasteiger partial charge in [0.05, 0.1) is 0 Å². The van der Waals surface area contributed by atoms with E-state index in [4.69, 9.17) is 4.74 Å². The summed E-state index contributed by atoms with van der Waals surface area (Å²) in [7, 11) is 1.84. The largest absolute Gasteiger partial charge is 0.381 e. The second-order valence-corrected chi connectivity index (χ2v) is 6.10. The lowest BCUT2D eigenvalue weighted by molar-refractivity contribution is 0.0362. The van der Waals surface area contributed by atoms with Crippen LogP contribution in [-0.4, -0.2) is 42.1 Å². The van der Waals surface area contributed by atoms with Gasteiger partial charge in [-0.15, -0.1) is 0 Å². The number of ether oxygens (including phenoxy) is 1. The summed E-state index contributed by atoms with van der Waals surface area (Å²) in [6.07, 6.45) is 3.87. The minimum atomic E-state index is -0.265. The van der Waals surface area contributed by atoms with Crippen LogP contribution in [0.25, 0.3) is 0 Å². The van der Waals surface area contributed by atoms with Gasteiger partial charge in [0.2, 0.25) is 0 Å². The Hall–Kier alpha value is -2.27. The van der Waals surface area contributed by atoms with E-state index >= 15 is 0 Å². The van der Waals surface area contributed by atoms with Gasteiger partial charge >= 0.3 is 0 Å². The van der Waals surface area contributed by atoms with E-state index in [1.165, 1.54) is 12.1 Å². The zero-order valence-electron chi connectivity index (χ0n) is 13.7. The van der Waals surface area contributed by atoms with Crippen molar-refractivity contribution in [3.63, 3.8) is 0 Å². The van der Waals surface area contributed by atoms with E-state index in [1.807, 2.05) is 13.1 Å². The van der Waals surface area contributed by atoms with Crippen LogP contribution in [-0.2, 0) is 11.2 Å². The van der Waals surface area contributed by atoms with E-state index in [9.17, 15) is 9.18 Å². The van der Waals surface area contributed by atoms with Crippen LogP contribution in [0.15, 0.2) is 42.6 Å². The fourth-order valence-corrected chi connectivity index (χ4v) is 3.01. The fourth-order valence-electron chi connectivity index (χ4n) is 3.01. The smallest absolute Gasteiger partial charge is 0.253 e. The van der Waals surface area contributed by atoms with E-state index in [-0.39, 0.29) is 17.8 Å². The van der Waals surface area contributed by atoms with Gasteiger partial charge in [-0.1, -0.05) is 12.1 Å². The van der Waals surface area contributed by atoms with Crippen molar-refractivity contribution in [1.29, 1.82) is 0 Å². The molecule has 1 saturated heterocycles. The standard InChI is InChI=1S/C19H21FN2O2/c1-22(18-6-9-24-10-7-18)19(23)15-5-8-21-17(13-15)12-14-3-2-4-16(20)11-14/h2-5,8,11,13,18H,6-7,9-10,12H2,1H3. The highest BCUT2D eigenvalue weighted by molar-refractivity contribution is 5.94. The molecule has 24 heavy (non-hydrogen) atoms. The van der Waals surface area contributed by atoms with Crippen molar-refractivity contribution in [1.82, 2.24) is 9.88 Å². The van der Waals surface area contributed by atoms with Gasteiger partial charge in [0.1, 0.15) is 5.82 Å². The van der Waals surface area contributed by atoms with Gasteiger partial charge in [0.25, 0.3) is 5.91 Å². The first-order valence-electron chi connectivity index (χ1n) is 8.18. The number of halogens is 1. The number of hydrogen-bond acceptors (Lipinski definition) is 3. The Labute approximate surface area is 141 Å². The van der Waals surface area contributed by atoms with Gasteiger partial charge < -0.3 is 9.64 Å². The summed E-state index contributed by atoms with van der Waals surface area (Å²) in [6, 6.07) is 10.2. The Morgan fingerprint density at radius 3 is 2.83 bits per heavy atom. The van der Waals surface area contributed by atoms with Crippen LogP contribution in [0.2, 0.25) is 0 Å². The molecule has 0 spiro atoms. The minimum absolute atomic E-state index is 0.00945. The Kier molecular flexibility index (Phi) is 5.20. The average molecular weight is 328 g/mol. The van der Waals surface area contributed by atoms with E-state index in [0.717, 1.165) is 24.1 Å². The van der Waals surface area contributed by atoms with Crippen LogP contribution in [0, 0.1) is 5.82 Å². The van der Waals surface area contributed by atoms with Gasteiger partial charge in [0, 0.05) is 50.2 Å². The Morgan fingerprint density at radius 2 is 2.08 bits per heavy atom. The van der Waals surface area contributed by atoms with E-state index in [0.29, 0.717) is 25.2 Å². The summed E-state index contributed by atoms with van der Waals surface area (Å²) in [6.45, 7) is 1.40. The Morgan fingerprint density at radius 1 is 1.29 bits per heavy atom. The van der Waals surface area contributed by atoms with Crippen molar-refractivity contribution in [3.05, 3.63) is 65.2 Å². The number of hydrogen-bond donors (Lipinski definition) is 0. The third-order valence-corrected chi connectivity index (χ3v) is 4.40. The maximum Gasteiger partial charge on any atom is 0.253 e. The molecule has 4 nitrogen and oxygen atoms in total. The van der Waals surface area contributed by atoms with Crippen molar-refractivity contribution < 1.29 is 13.9 Å². The number of pyridine rings is 1. The lowest BCUT2D eigenvalue weighted by Gasteiger charge is -2.31. The second-order valence-electron chi connectivity index (χ2n) is 6.10. The molecule has 126 valence electrons. The molecule has 0 aliphatic carbocycles. The molecular formula is C19H21FN2O2. The number of rotatable bonds is 4. The van der Waals surface area contributed by atoms with Gasteiger partial charge in [-0.2, -0.15) is 0 Å². The van der Waals surface area contributed by atoms with E-state index in [1.54, 1.807) is 29.3 Å². The van der Waals surface area contributed by atoms with Gasteiger partial charge in [-0.3, -0.25) is 9.78 Å². The highest BCUT2D eigenvalue weighted by Crippen LogP contribution is 2.17. The molecule has 0 bridgehead atoms. The Balaban J connectivity index is 1.73. The molecule has 3 rings (SSSR count). The summed E-state index contributed by atoms with van der Waals surface area (Å²) in [4.78, 5) is 18.8. The molecule has 0 radical (unpaired) electrons. The second kappa shape index (κ2) is 7.53. The number of benzene rings is 1. The first-order valence-corrected chi connectivity index (χ1v) is 8.18. The topological polar surface area (TPSA) is 42.4 Å². The Bertz CT molecular complexity index is 714. The molecule has 2 aromatic rings. The predicted octanol–water partition coefficient (Wildman–Crippen LogP) is 3.06. The molecule has 1 amide bonds. The molecular weight excluding hydrogens is 307 g/mol. The van der Waals surface area contributed by atoms with Gasteiger partial charge in [-0.25, -0.2) is 4.39 Å². The minimum Gasteiger partial charge on any atom is -0.381 e. The summed E-state index contributed by atoms with van der Waals surface area (Å²) in [5.74, 6) is -0.274. The quantitative estimate of drug-likeness (QED) is 0.866. The molecule has 1 aliphatic rings. The van der Waals surface area contributed by atoms with E-state index in [2.05, 4.69) is 4.98 Å². The first kappa shape index (κ1) is 16.6. The van der Waals surface area contributed by atoms with Crippen molar-refractivity contribution >= 4 is 5.91 Å². The monoisotopic (exact) mass is 328 g/mol. The number of nitrogens with zero attached hydrogens (tertiary/aromatic N) is 2. The molecule has 2 heterocycles. The zero-order chi connectivity index (χ0) is 16.9. The molecule has 0 unspecified atom stereocenters. The third kappa shape index (κ3) is 3.97. The van der Waals surface area contributed by atoms with Gasteiger partial charge in [-0.05, 0) is 42.7 Å². The number of carbonyl (C=O) groups is 1. The maximum atomic E-state index is 13.3. The van der Waals surface area contributed by atoms with Crippen LogP contribution in [0.1, 0.15) is 34.5 Å². The molecule has 5 heteroatoms. The first-order chi connectivity index (χ1) is 11.6. The highest BCUT2D eigenvalue weighted by atomic mass is 19.1. The fraction of sp³-hybridized carbons (Fsp3) is 0.368. The van der Waals surface area contributed by atoms with Crippen LogP contribution in [0.5, 0.6) is 0 Å². The van der Waals surface area contributed by atoms with Crippen LogP contribution in [0.3, 0.4) is 0 Å². The van der Waals surface area contributed by atoms with Crippen molar-refractivity contribution in [2.75, 3.05) is 20.3 Å². The average Bonchev–Trinajstić information content (AvgIpc) is 2.61. The number of carbonyl (C=O) groups excluding carboxylic acids is 1.